The zero-order valence-electron chi connectivity index (χ0n) is 14.2. The predicted molar refractivity (Wildman–Crippen MR) is 80.5 cm³/mol. The number of aliphatic hydroxyl groups is 5. The molecular weight excluding hydrogens is 352 g/mol. The van der Waals surface area contributed by atoms with E-state index in [2.05, 4.69) is 0 Å². The molecule has 10 atom stereocenters. The first-order chi connectivity index (χ1) is 12.2. The van der Waals surface area contributed by atoms with Crippen molar-refractivity contribution in [1.82, 2.24) is 0 Å². The van der Waals surface area contributed by atoms with E-state index in [4.69, 9.17) is 18.9 Å². The molecule has 0 aromatic heterocycles. The second-order valence-corrected chi connectivity index (χ2v) is 7.75. The summed E-state index contributed by atoms with van der Waals surface area (Å²) in [6.45, 7) is 1.05. The van der Waals surface area contributed by atoms with Gasteiger partial charge in [0.25, 0.3) is 0 Å². The van der Waals surface area contributed by atoms with E-state index in [0.717, 1.165) is 0 Å². The lowest BCUT2D eigenvalue weighted by atomic mass is 9.74. The van der Waals surface area contributed by atoms with Gasteiger partial charge in [0.05, 0.1) is 25.7 Å². The number of hydrogen-bond acceptors (Lipinski definition) is 10. The summed E-state index contributed by atoms with van der Waals surface area (Å²) in [6, 6.07) is 0. The van der Waals surface area contributed by atoms with Gasteiger partial charge in [0, 0.05) is 0 Å². The topological polar surface area (TPSA) is 155 Å². The highest BCUT2D eigenvalue weighted by Crippen LogP contribution is 2.56. The lowest BCUT2D eigenvalue weighted by molar-refractivity contribution is -0.343. The Morgan fingerprint density at radius 1 is 1.19 bits per heavy atom. The molecule has 0 aromatic carbocycles. The van der Waals surface area contributed by atoms with Crippen LogP contribution in [0.3, 0.4) is 0 Å². The van der Waals surface area contributed by atoms with Gasteiger partial charge in [0.1, 0.15) is 36.1 Å². The number of hydrogen-bond donors (Lipinski definition) is 5. The molecule has 10 heteroatoms. The van der Waals surface area contributed by atoms with E-state index < -0.39 is 66.5 Å². The highest BCUT2D eigenvalue weighted by molar-refractivity contribution is 5.84. The minimum absolute atomic E-state index is 0.0335. The fourth-order valence-electron chi connectivity index (χ4n) is 4.78. The van der Waals surface area contributed by atoms with Gasteiger partial charge in [-0.25, -0.2) is 4.79 Å². The van der Waals surface area contributed by atoms with Crippen LogP contribution in [0.2, 0.25) is 0 Å². The summed E-state index contributed by atoms with van der Waals surface area (Å²) in [7, 11) is 0. The normalized spacial score (nSPS) is 56.3. The van der Waals surface area contributed by atoms with Crippen LogP contribution in [-0.2, 0) is 23.7 Å². The molecule has 4 aliphatic rings. The Labute approximate surface area is 149 Å². The Kier molecular flexibility index (Phi) is 4.33. The number of rotatable bonds is 3. The van der Waals surface area contributed by atoms with Crippen LogP contribution in [0, 0.1) is 11.8 Å². The van der Waals surface area contributed by atoms with Crippen LogP contribution in [0.4, 0.5) is 0 Å². The molecule has 0 spiro atoms. The Morgan fingerprint density at radius 2 is 1.92 bits per heavy atom. The lowest BCUT2D eigenvalue weighted by Gasteiger charge is -2.48. The number of carbonyl (C=O) groups excluding carboxylic acids is 1. The summed E-state index contributed by atoms with van der Waals surface area (Å²) >= 11 is 0. The number of esters is 1. The van der Waals surface area contributed by atoms with Crippen molar-refractivity contribution in [3.8, 4) is 0 Å². The maximum Gasteiger partial charge on any atom is 0.341 e. The van der Waals surface area contributed by atoms with E-state index in [9.17, 15) is 30.3 Å². The molecule has 148 valence electrons. The molecule has 3 aliphatic heterocycles. The van der Waals surface area contributed by atoms with Gasteiger partial charge in [-0.15, -0.1) is 0 Å². The quantitative estimate of drug-likeness (QED) is 0.320. The van der Waals surface area contributed by atoms with Gasteiger partial charge in [-0.05, 0) is 12.3 Å². The Hall–Kier alpha value is -0.850. The predicted octanol–water partition coefficient (Wildman–Crippen LogP) is -3.12. The van der Waals surface area contributed by atoms with Crippen LogP contribution in [0.15, 0.2) is 0 Å². The van der Waals surface area contributed by atoms with Crippen molar-refractivity contribution < 1.29 is 49.3 Å². The Bertz CT molecular complexity index is 583. The molecule has 5 N–H and O–H groups in total. The largest absolute Gasteiger partial charge is 0.460 e. The van der Waals surface area contributed by atoms with Gasteiger partial charge in [0.15, 0.2) is 6.29 Å². The molecule has 4 rings (SSSR count). The summed E-state index contributed by atoms with van der Waals surface area (Å²) in [5, 5.41) is 50.4. The van der Waals surface area contributed by atoms with Crippen LogP contribution in [-0.4, -0.2) is 99.3 Å². The van der Waals surface area contributed by atoms with Crippen LogP contribution in [0.25, 0.3) is 0 Å². The van der Waals surface area contributed by atoms with Gasteiger partial charge >= 0.3 is 5.97 Å². The van der Waals surface area contributed by atoms with E-state index in [1.54, 1.807) is 0 Å². The van der Waals surface area contributed by atoms with Crippen molar-refractivity contribution in [3.05, 3.63) is 0 Å². The van der Waals surface area contributed by atoms with Crippen LogP contribution in [0.1, 0.15) is 13.3 Å². The van der Waals surface area contributed by atoms with Crippen molar-refractivity contribution in [2.45, 2.75) is 61.4 Å². The van der Waals surface area contributed by atoms with E-state index in [0.29, 0.717) is 6.42 Å². The highest BCUT2D eigenvalue weighted by Gasteiger charge is 2.73. The molecule has 0 bridgehead atoms. The van der Waals surface area contributed by atoms with Crippen molar-refractivity contribution in [2.75, 3.05) is 19.8 Å². The highest BCUT2D eigenvalue weighted by atomic mass is 16.7. The molecule has 0 unspecified atom stereocenters. The monoisotopic (exact) mass is 376 g/mol. The first-order valence-corrected chi connectivity index (χ1v) is 8.74. The summed E-state index contributed by atoms with van der Waals surface area (Å²) in [6.07, 6.45) is -7.62. The second kappa shape index (κ2) is 6.08. The maximum absolute atomic E-state index is 12.6. The molecule has 1 aliphatic carbocycles. The summed E-state index contributed by atoms with van der Waals surface area (Å²) in [5.74, 6) is -1.63. The van der Waals surface area contributed by atoms with Crippen molar-refractivity contribution in [2.24, 2.45) is 11.8 Å². The summed E-state index contributed by atoms with van der Waals surface area (Å²) in [5.41, 5.74) is -3.03. The first kappa shape index (κ1) is 18.5. The van der Waals surface area contributed by atoms with Crippen LogP contribution >= 0.6 is 0 Å². The first-order valence-electron chi connectivity index (χ1n) is 8.74. The third kappa shape index (κ3) is 2.31. The van der Waals surface area contributed by atoms with Crippen molar-refractivity contribution in [1.29, 1.82) is 0 Å². The molecule has 3 heterocycles. The molecule has 26 heavy (non-hydrogen) atoms. The molecule has 0 aromatic rings. The minimum atomic E-state index is -1.70. The van der Waals surface area contributed by atoms with Crippen molar-refractivity contribution >= 4 is 5.97 Å². The second-order valence-electron chi connectivity index (χ2n) is 7.75. The van der Waals surface area contributed by atoms with E-state index >= 15 is 0 Å². The molecule has 4 fully saturated rings. The number of aliphatic hydroxyl groups excluding tert-OH is 4. The van der Waals surface area contributed by atoms with E-state index in [-0.39, 0.29) is 19.1 Å². The molecule has 0 amide bonds. The van der Waals surface area contributed by atoms with Crippen LogP contribution in [0.5, 0.6) is 0 Å². The maximum atomic E-state index is 12.6. The molecule has 1 saturated carbocycles. The fourth-order valence-corrected chi connectivity index (χ4v) is 4.78. The number of ether oxygens (including phenoxy) is 4. The molecule has 3 saturated heterocycles. The standard InChI is InChI=1S/C16H24O10/c1-6-2-7-12-15(6,22)4-23-5-16(12,14(21)25-7)26-13-11(20)10(19)9(18)8(3-17)24-13/h6-13,17-20,22H,2-5H2,1H3/t6-,7-,8+,9+,10+,11-,12-,13-,15-,16-/m0/s1. The average Bonchev–Trinajstić information content (AvgIpc) is 3.02. The SMILES string of the molecule is C[C@H]1C[C@@H]2OC(=O)[C@]3(O[C@@H]4O[C@H](CO)[C@@H](O)[C@@H](O)[C@@H]4O)COC[C@@]1(O)[C@H]23. The lowest BCUT2D eigenvalue weighted by Crippen LogP contribution is -2.67. The van der Waals surface area contributed by atoms with Gasteiger partial charge < -0.3 is 44.5 Å². The third-order valence-corrected chi connectivity index (χ3v) is 6.28. The molecule has 10 nitrogen and oxygen atoms in total. The summed E-state index contributed by atoms with van der Waals surface area (Å²) < 4.78 is 22.0. The fraction of sp³-hybridized carbons (Fsp3) is 0.938. The smallest absolute Gasteiger partial charge is 0.341 e. The van der Waals surface area contributed by atoms with Gasteiger partial charge in [-0.2, -0.15) is 0 Å². The van der Waals surface area contributed by atoms with E-state index in [1.165, 1.54) is 0 Å². The number of carbonyl (C=O) groups is 1. The average molecular weight is 376 g/mol. The molecular formula is C16H24O10. The summed E-state index contributed by atoms with van der Waals surface area (Å²) in [4.78, 5) is 12.6. The van der Waals surface area contributed by atoms with E-state index in [1.807, 2.05) is 6.92 Å². The van der Waals surface area contributed by atoms with Gasteiger partial charge in [-0.3, -0.25) is 0 Å². The Morgan fingerprint density at radius 3 is 2.62 bits per heavy atom. The van der Waals surface area contributed by atoms with Crippen LogP contribution < -0.4 is 0 Å². The zero-order chi connectivity index (χ0) is 18.9. The zero-order valence-corrected chi connectivity index (χ0v) is 14.2. The minimum Gasteiger partial charge on any atom is -0.460 e. The molecule has 0 radical (unpaired) electrons. The third-order valence-electron chi connectivity index (χ3n) is 6.28. The Balaban J connectivity index is 1.65. The van der Waals surface area contributed by atoms with Gasteiger partial charge in [0.2, 0.25) is 5.60 Å². The van der Waals surface area contributed by atoms with Crippen molar-refractivity contribution in [3.63, 3.8) is 0 Å². The van der Waals surface area contributed by atoms with Gasteiger partial charge in [-0.1, -0.05) is 6.92 Å².